The lowest BCUT2D eigenvalue weighted by Gasteiger charge is -2.38. The highest BCUT2D eigenvalue weighted by Gasteiger charge is 2.34. The van der Waals surface area contributed by atoms with Crippen LogP contribution in [-0.4, -0.2) is 17.4 Å². The summed E-state index contributed by atoms with van der Waals surface area (Å²) in [5, 5.41) is 13.7. The number of benzene rings is 2. The third kappa shape index (κ3) is 4.70. The molecule has 0 unspecified atom stereocenters. The van der Waals surface area contributed by atoms with E-state index < -0.39 is 4.92 Å². The second kappa shape index (κ2) is 8.29. The molecule has 1 aliphatic rings. The fourth-order valence-corrected chi connectivity index (χ4v) is 3.85. The maximum absolute atomic E-state index is 13.3. The molecule has 0 atom stereocenters. The van der Waals surface area contributed by atoms with Gasteiger partial charge in [0.1, 0.15) is 5.82 Å². The molecule has 1 aliphatic carbocycles. The Kier molecular flexibility index (Phi) is 5.84. The molecule has 3 rings (SSSR count). The summed E-state index contributed by atoms with van der Waals surface area (Å²) in [6.07, 6.45) is 5.48. The zero-order chi connectivity index (χ0) is 19.3. The van der Waals surface area contributed by atoms with Gasteiger partial charge in [-0.1, -0.05) is 43.5 Å². The third-order valence-corrected chi connectivity index (χ3v) is 5.40. The molecule has 0 bridgehead atoms. The molecular formula is C21H23FN2O3. The lowest BCUT2D eigenvalue weighted by molar-refractivity contribution is -0.384. The molecule has 142 valence electrons. The number of carbonyl (C=O) groups excluding carboxylic acids is 1. The van der Waals surface area contributed by atoms with Crippen molar-refractivity contribution in [2.45, 2.75) is 43.9 Å². The van der Waals surface area contributed by atoms with Gasteiger partial charge in [0, 0.05) is 24.1 Å². The first kappa shape index (κ1) is 19.0. The number of nitrogens with zero attached hydrogens (tertiary/aromatic N) is 1. The van der Waals surface area contributed by atoms with Gasteiger partial charge in [0.25, 0.3) is 5.69 Å². The Labute approximate surface area is 157 Å². The van der Waals surface area contributed by atoms with E-state index >= 15 is 0 Å². The second-order valence-corrected chi connectivity index (χ2v) is 7.22. The molecule has 0 spiro atoms. The predicted molar refractivity (Wildman–Crippen MR) is 101 cm³/mol. The van der Waals surface area contributed by atoms with Gasteiger partial charge >= 0.3 is 0 Å². The van der Waals surface area contributed by atoms with Crippen molar-refractivity contribution in [2.24, 2.45) is 0 Å². The highest BCUT2D eigenvalue weighted by Crippen LogP contribution is 2.39. The first-order valence-electron chi connectivity index (χ1n) is 9.25. The minimum absolute atomic E-state index is 0.0108. The Hall–Kier alpha value is -2.76. The first-order chi connectivity index (χ1) is 13.0. The number of nitro benzene ring substituents is 1. The molecule has 0 aromatic heterocycles. The van der Waals surface area contributed by atoms with E-state index in [1.54, 1.807) is 12.1 Å². The molecule has 0 aliphatic heterocycles. The summed E-state index contributed by atoms with van der Waals surface area (Å²) in [4.78, 5) is 22.6. The summed E-state index contributed by atoms with van der Waals surface area (Å²) in [5.74, 6) is -0.372. The van der Waals surface area contributed by atoms with Crippen molar-refractivity contribution >= 4 is 11.6 Å². The molecule has 1 amide bonds. The molecule has 27 heavy (non-hydrogen) atoms. The molecule has 5 nitrogen and oxygen atoms in total. The summed E-state index contributed by atoms with van der Waals surface area (Å²) in [6.45, 7) is 0.518. The van der Waals surface area contributed by atoms with E-state index in [0.717, 1.165) is 36.8 Å². The SMILES string of the molecule is O=C(Cc1ccc([N+](=O)[O-])cc1)NCC1(c2ccc(F)cc2)CCCCC1. The van der Waals surface area contributed by atoms with Gasteiger partial charge in [-0.05, 0) is 36.1 Å². The summed E-state index contributed by atoms with van der Waals surface area (Å²) in [6, 6.07) is 12.6. The number of amides is 1. The van der Waals surface area contributed by atoms with Crippen molar-refractivity contribution in [2.75, 3.05) is 6.54 Å². The van der Waals surface area contributed by atoms with Crippen LogP contribution in [0, 0.1) is 15.9 Å². The first-order valence-corrected chi connectivity index (χ1v) is 9.25. The van der Waals surface area contributed by atoms with Crippen molar-refractivity contribution in [3.8, 4) is 0 Å². The molecule has 1 N–H and O–H groups in total. The maximum atomic E-state index is 13.3. The highest BCUT2D eigenvalue weighted by molar-refractivity contribution is 5.78. The fraction of sp³-hybridized carbons (Fsp3) is 0.381. The summed E-state index contributed by atoms with van der Waals surface area (Å²) in [5.41, 5.74) is 1.66. The van der Waals surface area contributed by atoms with Crippen LogP contribution in [0.3, 0.4) is 0 Å². The Morgan fingerprint density at radius 1 is 1.04 bits per heavy atom. The van der Waals surface area contributed by atoms with Crippen molar-refractivity contribution in [1.29, 1.82) is 0 Å². The highest BCUT2D eigenvalue weighted by atomic mass is 19.1. The van der Waals surface area contributed by atoms with E-state index in [1.807, 2.05) is 12.1 Å². The van der Waals surface area contributed by atoms with E-state index in [-0.39, 0.29) is 29.2 Å². The predicted octanol–water partition coefficient (Wildman–Crippen LogP) is 4.29. The number of rotatable bonds is 6. The largest absolute Gasteiger partial charge is 0.355 e. The standard InChI is InChI=1S/C21H23FN2O3/c22-18-8-6-17(7-9-18)21(12-2-1-3-13-21)15-23-20(25)14-16-4-10-19(11-5-16)24(26)27/h4-11H,1-3,12-15H2,(H,23,25). The quantitative estimate of drug-likeness (QED) is 0.609. The van der Waals surface area contributed by atoms with Gasteiger partial charge in [-0.25, -0.2) is 4.39 Å². The maximum Gasteiger partial charge on any atom is 0.269 e. The van der Waals surface area contributed by atoms with Crippen molar-refractivity contribution in [3.05, 3.63) is 75.6 Å². The number of nitro groups is 1. The Bertz CT molecular complexity index is 797. The minimum Gasteiger partial charge on any atom is -0.355 e. The Balaban J connectivity index is 1.65. The third-order valence-electron chi connectivity index (χ3n) is 5.40. The van der Waals surface area contributed by atoms with Gasteiger partial charge in [-0.15, -0.1) is 0 Å². The molecule has 1 fully saturated rings. The van der Waals surface area contributed by atoms with Gasteiger partial charge in [-0.3, -0.25) is 14.9 Å². The molecule has 0 radical (unpaired) electrons. The summed E-state index contributed by atoms with van der Waals surface area (Å²) >= 11 is 0. The van der Waals surface area contributed by atoms with E-state index in [0.29, 0.717) is 6.54 Å². The number of halogens is 1. The molecule has 2 aromatic carbocycles. The molecule has 1 saturated carbocycles. The van der Waals surface area contributed by atoms with Crippen molar-refractivity contribution < 1.29 is 14.1 Å². The molecule has 0 saturated heterocycles. The van der Waals surface area contributed by atoms with Crippen LogP contribution in [0.1, 0.15) is 43.2 Å². The zero-order valence-corrected chi connectivity index (χ0v) is 15.1. The van der Waals surface area contributed by atoms with E-state index in [4.69, 9.17) is 0 Å². The molecular weight excluding hydrogens is 347 g/mol. The lowest BCUT2D eigenvalue weighted by Crippen LogP contribution is -2.42. The molecule has 2 aromatic rings. The summed E-state index contributed by atoms with van der Waals surface area (Å²) < 4.78 is 13.3. The number of hydrogen-bond donors (Lipinski definition) is 1. The normalized spacial score (nSPS) is 15.9. The van der Waals surface area contributed by atoms with Crippen LogP contribution in [0.4, 0.5) is 10.1 Å². The zero-order valence-electron chi connectivity index (χ0n) is 15.1. The van der Waals surface area contributed by atoms with Gasteiger partial charge in [-0.2, -0.15) is 0 Å². The lowest BCUT2D eigenvalue weighted by atomic mass is 9.69. The van der Waals surface area contributed by atoms with Crippen LogP contribution in [0.2, 0.25) is 0 Å². The van der Waals surface area contributed by atoms with Crippen LogP contribution in [0.15, 0.2) is 48.5 Å². The van der Waals surface area contributed by atoms with Crippen LogP contribution in [0.5, 0.6) is 0 Å². The van der Waals surface area contributed by atoms with E-state index in [1.165, 1.54) is 30.7 Å². The Morgan fingerprint density at radius 2 is 1.67 bits per heavy atom. The Morgan fingerprint density at radius 3 is 2.26 bits per heavy atom. The second-order valence-electron chi connectivity index (χ2n) is 7.22. The average molecular weight is 370 g/mol. The molecule has 6 heteroatoms. The molecule has 0 heterocycles. The van der Waals surface area contributed by atoms with Crippen LogP contribution < -0.4 is 5.32 Å². The number of carbonyl (C=O) groups is 1. The van der Waals surface area contributed by atoms with E-state index in [2.05, 4.69) is 5.32 Å². The topological polar surface area (TPSA) is 72.2 Å². The average Bonchev–Trinajstić information content (AvgIpc) is 2.68. The van der Waals surface area contributed by atoms with Gasteiger partial charge in [0.2, 0.25) is 5.91 Å². The van der Waals surface area contributed by atoms with E-state index in [9.17, 15) is 19.3 Å². The van der Waals surface area contributed by atoms with Crippen LogP contribution in [-0.2, 0) is 16.6 Å². The van der Waals surface area contributed by atoms with Gasteiger partial charge in [0.05, 0.1) is 11.3 Å². The minimum atomic E-state index is -0.459. The van der Waals surface area contributed by atoms with Crippen LogP contribution in [0.25, 0.3) is 0 Å². The summed E-state index contributed by atoms with van der Waals surface area (Å²) in [7, 11) is 0. The number of hydrogen-bond acceptors (Lipinski definition) is 3. The van der Waals surface area contributed by atoms with Crippen LogP contribution >= 0.6 is 0 Å². The smallest absolute Gasteiger partial charge is 0.269 e. The number of non-ortho nitro benzene ring substituents is 1. The fourth-order valence-electron chi connectivity index (χ4n) is 3.85. The number of nitrogens with one attached hydrogen (secondary N) is 1. The monoisotopic (exact) mass is 370 g/mol. The van der Waals surface area contributed by atoms with Crippen molar-refractivity contribution in [3.63, 3.8) is 0 Å². The van der Waals surface area contributed by atoms with Crippen molar-refractivity contribution in [1.82, 2.24) is 5.32 Å². The van der Waals surface area contributed by atoms with Gasteiger partial charge < -0.3 is 5.32 Å². The van der Waals surface area contributed by atoms with Gasteiger partial charge in [0.15, 0.2) is 0 Å².